The zero-order chi connectivity index (χ0) is 15.9. The molecule has 1 saturated carbocycles. The van der Waals surface area contributed by atoms with Gasteiger partial charge in [0.2, 0.25) is 0 Å². The molecule has 2 atom stereocenters. The monoisotopic (exact) mass is 306 g/mol. The molecule has 2 fully saturated rings. The van der Waals surface area contributed by atoms with Gasteiger partial charge in [-0.1, -0.05) is 6.92 Å². The smallest absolute Gasteiger partial charge is 0.323 e. The Morgan fingerprint density at radius 3 is 2.73 bits per heavy atom. The van der Waals surface area contributed by atoms with Crippen molar-refractivity contribution in [3.05, 3.63) is 11.8 Å². The fraction of sp³-hybridized carbons (Fsp3) is 0.667. The van der Waals surface area contributed by atoms with Crippen molar-refractivity contribution in [1.82, 2.24) is 14.7 Å². The van der Waals surface area contributed by atoms with E-state index in [9.17, 15) is 14.7 Å². The van der Waals surface area contributed by atoms with E-state index in [0.29, 0.717) is 24.7 Å². The number of hydrogen-bond acceptors (Lipinski definition) is 3. The molecule has 7 heteroatoms. The molecule has 1 aliphatic heterocycles. The van der Waals surface area contributed by atoms with Crippen LogP contribution >= 0.6 is 0 Å². The van der Waals surface area contributed by atoms with E-state index in [0.717, 1.165) is 18.5 Å². The molecule has 0 radical (unpaired) electrons. The van der Waals surface area contributed by atoms with Crippen molar-refractivity contribution in [3.63, 3.8) is 0 Å². The van der Waals surface area contributed by atoms with Crippen molar-refractivity contribution in [3.8, 4) is 0 Å². The lowest BCUT2D eigenvalue weighted by atomic mass is 9.91. The Bertz CT molecular complexity index is 594. The number of carboxylic acid groups (broad SMARTS) is 1. The third-order valence-electron chi connectivity index (χ3n) is 4.43. The minimum atomic E-state index is -0.832. The molecule has 120 valence electrons. The molecule has 2 amide bonds. The lowest BCUT2D eigenvalue weighted by Crippen LogP contribution is -2.47. The van der Waals surface area contributed by atoms with Crippen LogP contribution in [0, 0.1) is 11.8 Å². The van der Waals surface area contributed by atoms with Crippen LogP contribution in [0.4, 0.5) is 10.6 Å². The van der Waals surface area contributed by atoms with Crippen molar-refractivity contribution in [2.45, 2.75) is 32.1 Å². The Kier molecular flexibility index (Phi) is 3.80. The van der Waals surface area contributed by atoms with E-state index in [2.05, 4.69) is 10.4 Å². The Morgan fingerprint density at radius 1 is 1.36 bits per heavy atom. The molecule has 3 rings (SSSR count). The molecule has 0 aromatic carbocycles. The third-order valence-corrected chi connectivity index (χ3v) is 4.43. The first kappa shape index (κ1) is 14.9. The Balaban J connectivity index is 1.67. The molecule has 0 spiro atoms. The summed E-state index contributed by atoms with van der Waals surface area (Å²) in [6.45, 7) is 2.83. The number of rotatable bonds is 3. The van der Waals surface area contributed by atoms with E-state index in [1.165, 1.54) is 0 Å². The molecule has 1 aromatic rings. The minimum Gasteiger partial charge on any atom is -0.481 e. The summed E-state index contributed by atoms with van der Waals surface area (Å²) in [4.78, 5) is 25.2. The molecule has 2 unspecified atom stereocenters. The van der Waals surface area contributed by atoms with Crippen LogP contribution in [0.3, 0.4) is 0 Å². The lowest BCUT2D eigenvalue weighted by Gasteiger charge is -2.34. The van der Waals surface area contributed by atoms with Crippen molar-refractivity contribution >= 4 is 17.8 Å². The van der Waals surface area contributed by atoms with Crippen LogP contribution in [-0.4, -0.2) is 44.9 Å². The first-order valence-electron chi connectivity index (χ1n) is 7.76. The Hall–Kier alpha value is -2.05. The second kappa shape index (κ2) is 5.62. The van der Waals surface area contributed by atoms with Crippen LogP contribution in [0.15, 0.2) is 6.07 Å². The van der Waals surface area contributed by atoms with E-state index in [-0.39, 0.29) is 18.5 Å². The number of amides is 2. The predicted octanol–water partition coefficient (Wildman–Crippen LogP) is 1.87. The summed E-state index contributed by atoms with van der Waals surface area (Å²) in [5.41, 5.74) is 1.02. The summed E-state index contributed by atoms with van der Waals surface area (Å²) >= 11 is 0. The van der Waals surface area contributed by atoms with E-state index < -0.39 is 11.9 Å². The zero-order valence-electron chi connectivity index (χ0n) is 13.0. The quantitative estimate of drug-likeness (QED) is 0.892. The maximum Gasteiger partial charge on any atom is 0.323 e. The van der Waals surface area contributed by atoms with Gasteiger partial charge in [-0.25, -0.2) is 4.79 Å². The number of nitrogens with zero attached hydrogens (tertiary/aromatic N) is 3. The van der Waals surface area contributed by atoms with Crippen molar-refractivity contribution in [2.24, 2.45) is 18.9 Å². The summed E-state index contributed by atoms with van der Waals surface area (Å²) in [6.07, 6.45) is 2.94. The number of carbonyl (C=O) groups is 2. The van der Waals surface area contributed by atoms with Gasteiger partial charge >= 0.3 is 12.0 Å². The van der Waals surface area contributed by atoms with E-state index in [4.69, 9.17) is 0 Å². The first-order valence-corrected chi connectivity index (χ1v) is 7.76. The van der Waals surface area contributed by atoms with E-state index in [1.807, 2.05) is 13.0 Å². The Labute approximate surface area is 129 Å². The summed E-state index contributed by atoms with van der Waals surface area (Å²) in [6, 6.07) is 1.67. The molecule has 2 heterocycles. The topological polar surface area (TPSA) is 87.5 Å². The molecule has 0 bridgehead atoms. The third kappa shape index (κ3) is 3.08. The van der Waals surface area contributed by atoms with Gasteiger partial charge in [0.15, 0.2) is 0 Å². The fourth-order valence-electron chi connectivity index (χ4n) is 3.07. The number of likely N-dealkylation sites (tertiary alicyclic amines) is 1. The van der Waals surface area contributed by atoms with Crippen molar-refractivity contribution in [1.29, 1.82) is 0 Å². The maximum absolute atomic E-state index is 12.4. The normalized spacial score (nSPS) is 25.1. The van der Waals surface area contributed by atoms with Gasteiger partial charge in [-0.05, 0) is 25.2 Å². The number of aryl methyl sites for hydroxylation is 1. The number of piperidine rings is 1. The molecule has 2 aliphatic rings. The lowest BCUT2D eigenvalue weighted by molar-refractivity contribution is -0.143. The van der Waals surface area contributed by atoms with Crippen LogP contribution in [0.2, 0.25) is 0 Å². The summed E-state index contributed by atoms with van der Waals surface area (Å²) in [5.74, 6) is 0.0679. The minimum absolute atomic E-state index is 0.189. The number of nitrogens with one attached hydrogen (secondary N) is 1. The van der Waals surface area contributed by atoms with Gasteiger partial charge in [0.25, 0.3) is 0 Å². The van der Waals surface area contributed by atoms with Crippen LogP contribution in [0.5, 0.6) is 0 Å². The molecular formula is C15H22N4O3. The summed E-state index contributed by atoms with van der Waals surface area (Å²) in [5, 5.41) is 16.5. The average Bonchev–Trinajstić information content (AvgIpc) is 3.24. The maximum atomic E-state index is 12.4. The van der Waals surface area contributed by atoms with Crippen LogP contribution in [0.25, 0.3) is 0 Å². The van der Waals surface area contributed by atoms with E-state index >= 15 is 0 Å². The van der Waals surface area contributed by atoms with Gasteiger partial charge in [-0.2, -0.15) is 5.10 Å². The van der Waals surface area contributed by atoms with Crippen LogP contribution in [-0.2, 0) is 11.8 Å². The number of carboxylic acids is 1. The van der Waals surface area contributed by atoms with Crippen molar-refractivity contribution < 1.29 is 14.7 Å². The second-order valence-electron chi connectivity index (χ2n) is 6.56. The standard InChI is InChI=1S/C15H22N4O3/c1-9-5-11(14(20)21)8-19(7-9)15(22)16-13-6-12(10-3-4-10)17-18(13)2/h6,9-11H,3-5,7-8H2,1-2H3,(H,16,22)(H,20,21). The summed E-state index contributed by atoms with van der Waals surface area (Å²) in [7, 11) is 1.81. The molecule has 22 heavy (non-hydrogen) atoms. The zero-order valence-corrected chi connectivity index (χ0v) is 13.0. The molecule has 1 saturated heterocycles. The number of carbonyl (C=O) groups excluding carboxylic acids is 1. The molecule has 7 nitrogen and oxygen atoms in total. The SMILES string of the molecule is CC1CC(C(=O)O)CN(C(=O)Nc2cc(C3CC3)nn2C)C1. The number of anilines is 1. The fourth-order valence-corrected chi connectivity index (χ4v) is 3.07. The van der Waals surface area contributed by atoms with Gasteiger partial charge in [-0.15, -0.1) is 0 Å². The van der Waals surface area contributed by atoms with Gasteiger partial charge in [0.05, 0.1) is 11.6 Å². The number of urea groups is 1. The predicted molar refractivity (Wildman–Crippen MR) is 80.7 cm³/mol. The second-order valence-corrected chi connectivity index (χ2v) is 6.56. The molecular weight excluding hydrogens is 284 g/mol. The van der Waals surface area contributed by atoms with Crippen LogP contribution < -0.4 is 5.32 Å². The van der Waals surface area contributed by atoms with Gasteiger partial charge in [0, 0.05) is 32.1 Å². The van der Waals surface area contributed by atoms with Gasteiger partial charge < -0.3 is 10.0 Å². The highest BCUT2D eigenvalue weighted by Crippen LogP contribution is 2.39. The number of aliphatic carboxylic acids is 1. The molecule has 1 aromatic heterocycles. The largest absolute Gasteiger partial charge is 0.481 e. The highest BCUT2D eigenvalue weighted by atomic mass is 16.4. The molecule has 1 aliphatic carbocycles. The van der Waals surface area contributed by atoms with Gasteiger partial charge in [-0.3, -0.25) is 14.8 Å². The van der Waals surface area contributed by atoms with E-state index in [1.54, 1.807) is 16.6 Å². The first-order chi connectivity index (χ1) is 10.4. The summed E-state index contributed by atoms with van der Waals surface area (Å²) < 4.78 is 1.67. The van der Waals surface area contributed by atoms with Crippen LogP contribution in [0.1, 0.15) is 37.8 Å². The molecule has 2 N–H and O–H groups in total. The highest BCUT2D eigenvalue weighted by Gasteiger charge is 2.32. The average molecular weight is 306 g/mol. The highest BCUT2D eigenvalue weighted by molar-refractivity contribution is 5.89. The van der Waals surface area contributed by atoms with Gasteiger partial charge in [0.1, 0.15) is 5.82 Å². The number of aromatic nitrogens is 2. The van der Waals surface area contributed by atoms with Crippen molar-refractivity contribution in [2.75, 3.05) is 18.4 Å². The number of hydrogen-bond donors (Lipinski definition) is 2. The Morgan fingerprint density at radius 2 is 2.09 bits per heavy atom.